The van der Waals surface area contributed by atoms with Gasteiger partial charge in [-0.25, -0.2) is 4.98 Å². The van der Waals surface area contributed by atoms with Crippen LogP contribution in [0.15, 0.2) is 60.7 Å². The molecule has 0 aliphatic heterocycles. The molecule has 0 unspecified atom stereocenters. The fourth-order valence-electron chi connectivity index (χ4n) is 2.85. The molecule has 32 heavy (non-hydrogen) atoms. The lowest BCUT2D eigenvalue weighted by molar-refractivity contribution is -0.275. The van der Waals surface area contributed by atoms with Crippen LogP contribution in [-0.4, -0.2) is 28.8 Å². The number of hydrogen-bond acceptors (Lipinski definition) is 4. The number of nitrogens with zero attached hydrogens (tertiary/aromatic N) is 1. The topological polar surface area (TPSA) is 68.7 Å². The standard InChI is InChI=1S/C21H13F6NO4/c22-20(23,24)31-15-6-1-12(2-7-15)17-10-5-14(11-18(29)30)19(28-17)13-3-8-16(9-4-13)32-21(25,26)27/h1-10H,11H2,(H,29,30). The molecule has 1 aromatic heterocycles. The van der Waals surface area contributed by atoms with Crippen molar-refractivity contribution in [2.24, 2.45) is 0 Å². The minimum Gasteiger partial charge on any atom is -0.481 e. The van der Waals surface area contributed by atoms with E-state index >= 15 is 0 Å². The van der Waals surface area contributed by atoms with E-state index in [2.05, 4.69) is 14.5 Å². The summed E-state index contributed by atoms with van der Waals surface area (Å²) in [5, 5.41) is 9.14. The van der Waals surface area contributed by atoms with Crippen molar-refractivity contribution in [3.05, 3.63) is 66.2 Å². The third-order valence-corrected chi connectivity index (χ3v) is 4.07. The highest BCUT2D eigenvalue weighted by Crippen LogP contribution is 2.31. The summed E-state index contributed by atoms with van der Waals surface area (Å²) in [7, 11) is 0. The predicted molar refractivity (Wildman–Crippen MR) is 99.8 cm³/mol. The maximum absolute atomic E-state index is 12.4. The number of carbonyl (C=O) groups is 1. The first-order valence-corrected chi connectivity index (χ1v) is 8.84. The fraction of sp³-hybridized carbons (Fsp3) is 0.143. The van der Waals surface area contributed by atoms with Gasteiger partial charge in [0.1, 0.15) is 11.5 Å². The number of pyridine rings is 1. The molecule has 0 aliphatic rings. The number of rotatable bonds is 6. The van der Waals surface area contributed by atoms with Crippen LogP contribution in [0.25, 0.3) is 22.5 Å². The van der Waals surface area contributed by atoms with Gasteiger partial charge < -0.3 is 14.6 Å². The van der Waals surface area contributed by atoms with Crippen molar-refractivity contribution in [1.29, 1.82) is 0 Å². The summed E-state index contributed by atoms with van der Waals surface area (Å²) in [6.07, 6.45) is -10.1. The van der Waals surface area contributed by atoms with Crippen LogP contribution < -0.4 is 9.47 Å². The van der Waals surface area contributed by atoms with E-state index in [4.69, 9.17) is 5.11 Å². The Labute approximate surface area is 176 Å². The summed E-state index contributed by atoms with van der Waals surface area (Å²) in [4.78, 5) is 15.6. The molecule has 2 aromatic carbocycles. The minimum atomic E-state index is -4.86. The van der Waals surface area contributed by atoms with Gasteiger partial charge in [0.25, 0.3) is 0 Å². The average molecular weight is 457 g/mol. The number of benzene rings is 2. The molecule has 0 radical (unpaired) electrons. The molecule has 1 heterocycles. The molecule has 0 saturated heterocycles. The smallest absolute Gasteiger partial charge is 0.481 e. The zero-order chi connectivity index (χ0) is 23.5. The summed E-state index contributed by atoms with van der Waals surface area (Å²) in [5.41, 5.74) is 1.54. The van der Waals surface area contributed by atoms with Gasteiger partial charge in [0.2, 0.25) is 0 Å². The number of halogens is 6. The predicted octanol–water partition coefficient (Wildman–Crippen LogP) is 5.84. The van der Waals surface area contributed by atoms with E-state index in [0.29, 0.717) is 22.4 Å². The zero-order valence-electron chi connectivity index (χ0n) is 15.9. The maximum atomic E-state index is 12.4. The molecule has 0 saturated carbocycles. The number of aromatic nitrogens is 1. The highest BCUT2D eigenvalue weighted by atomic mass is 19.4. The fourth-order valence-corrected chi connectivity index (χ4v) is 2.85. The lowest BCUT2D eigenvalue weighted by atomic mass is 10.0. The Morgan fingerprint density at radius 2 is 1.22 bits per heavy atom. The van der Waals surface area contributed by atoms with Crippen molar-refractivity contribution in [3.63, 3.8) is 0 Å². The van der Waals surface area contributed by atoms with Crippen LogP contribution in [0.4, 0.5) is 26.3 Å². The minimum absolute atomic E-state index is 0.194. The molecular weight excluding hydrogens is 444 g/mol. The molecule has 1 N–H and O–H groups in total. The zero-order valence-corrected chi connectivity index (χ0v) is 15.9. The van der Waals surface area contributed by atoms with E-state index in [0.717, 1.165) is 24.3 Å². The molecule has 0 spiro atoms. The van der Waals surface area contributed by atoms with Crippen LogP contribution in [0.5, 0.6) is 11.5 Å². The number of alkyl halides is 6. The number of carboxylic acid groups (broad SMARTS) is 1. The molecule has 0 atom stereocenters. The van der Waals surface area contributed by atoms with Crippen molar-refractivity contribution in [3.8, 4) is 34.0 Å². The average Bonchev–Trinajstić information content (AvgIpc) is 2.67. The van der Waals surface area contributed by atoms with Gasteiger partial charge in [0, 0.05) is 11.1 Å². The number of carboxylic acids is 1. The molecule has 5 nitrogen and oxygen atoms in total. The van der Waals surface area contributed by atoms with Crippen molar-refractivity contribution in [2.45, 2.75) is 19.1 Å². The Morgan fingerprint density at radius 3 is 1.66 bits per heavy atom. The molecule has 0 fully saturated rings. The molecule has 3 rings (SSSR count). The van der Waals surface area contributed by atoms with Gasteiger partial charge in [-0.2, -0.15) is 0 Å². The van der Waals surface area contributed by atoms with Crippen LogP contribution in [0, 0.1) is 0 Å². The summed E-state index contributed by atoms with van der Waals surface area (Å²) >= 11 is 0. The molecule has 11 heteroatoms. The van der Waals surface area contributed by atoms with Gasteiger partial charge in [0.15, 0.2) is 0 Å². The van der Waals surface area contributed by atoms with E-state index in [9.17, 15) is 31.1 Å². The largest absolute Gasteiger partial charge is 0.573 e. The first-order valence-electron chi connectivity index (χ1n) is 8.84. The van der Waals surface area contributed by atoms with Crippen molar-refractivity contribution in [2.75, 3.05) is 0 Å². The number of ether oxygens (including phenoxy) is 2. The third-order valence-electron chi connectivity index (χ3n) is 4.07. The highest BCUT2D eigenvalue weighted by Gasteiger charge is 2.31. The van der Waals surface area contributed by atoms with E-state index in [1.54, 1.807) is 0 Å². The van der Waals surface area contributed by atoms with Gasteiger partial charge >= 0.3 is 18.7 Å². The maximum Gasteiger partial charge on any atom is 0.573 e. The Kier molecular flexibility index (Phi) is 6.28. The SMILES string of the molecule is O=C(O)Cc1ccc(-c2ccc(OC(F)(F)F)cc2)nc1-c1ccc(OC(F)(F)F)cc1. The lowest BCUT2D eigenvalue weighted by Gasteiger charge is -2.13. The monoisotopic (exact) mass is 457 g/mol. The van der Waals surface area contributed by atoms with Crippen LogP contribution in [0.2, 0.25) is 0 Å². The van der Waals surface area contributed by atoms with E-state index in [1.807, 2.05) is 0 Å². The van der Waals surface area contributed by atoms with Crippen molar-refractivity contribution >= 4 is 5.97 Å². The molecule has 0 amide bonds. The second-order valence-electron chi connectivity index (χ2n) is 6.42. The Morgan fingerprint density at radius 1 is 0.750 bits per heavy atom. The van der Waals surface area contributed by atoms with Gasteiger partial charge in [0.05, 0.1) is 17.8 Å². The van der Waals surface area contributed by atoms with Gasteiger partial charge in [-0.05, 0) is 60.2 Å². The lowest BCUT2D eigenvalue weighted by Crippen LogP contribution is -2.17. The van der Waals surface area contributed by atoms with E-state index in [1.165, 1.54) is 36.4 Å². The van der Waals surface area contributed by atoms with Crippen LogP contribution >= 0.6 is 0 Å². The Balaban J connectivity index is 1.96. The third kappa shape index (κ3) is 6.37. The summed E-state index contributed by atoms with van der Waals surface area (Å²) in [6, 6.07) is 12.5. The molecule has 0 bridgehead atoms. The van der Waals surface area contributed by atoms with Crippen LogP contribution in [-0.2, 0) is 11.2 Å². The first-order chi connectivity index (χ1) is 14.9. The second-order valence-corrected chi connectivity index (χ2v) is 6.42. The second kappa shape index (κ2) is 8.77. The normalized spacial score (nSPS) is 11.8. The van der Waals surface area contributed by atoms with Crippen LogP contribution in [0.3, 0.4) is 0 Å². The van der Waals surface area contributed by atoms with Crippen LogP contribution in [0.1, 0.15) is 5.56 Å². The molecule has 3 aromatic rings. The molecule has 168 valence electrons. The van der Waals surface area contributed by atoms with Gasteiger partial charge in [-0.3, -0.25) is 4.79 Å². The van der Waals surface area contributed by atoms with Crippen molar-refractivity contribution < 1.29 is 45.7 Å². The van der Waals surface area contributed by atoms with Gasteiger partial charge in [-0.15, -0.1) is 26.3 Å². The van der Waals surface area contributed by atoms with E-state index < -0.39 is 36.6 Å². The number of hydrogen-bond donors (Lipinski definition) is 1. The van der Waals surface area contributed by atoms with E-state index in [-0.39, 0.29) is 5.69 Å². The first kappa shape index (κ1) is 22.9. The number of aliphatic carboxylic acids is 1. The summed E-state index contributed by atoms with van der Waals surface area (Å²) in [5.74, 6) is -2.03. The quantitative estimate of drug-likeness (QED) is 0.471. The molecular formula is C21H13F6NO4. The highest BCUT2D eigenvalue weighted by molar-refractivity contribution is 5.76. The van der Waals surface area contributed by atoms with Crippen molar-refractivity contribution in [1.82, 2.24) is 4.98 Å². The summed E-state index contributed by atoms with van der Waals surface area (Å²) < 4.78 is 81.7. The Hall–Kier alpha value is -3.76. The van der Waals surface area contributed by atoms with Gasteiger partial charge in [-0.1, -0.05) is 6.07 Å². The Bertz CT molecular complexity index is 1090. The molecule has 0 aliphatic carbocycles. The summed E-state index contributed by atoms with van der Waals surface area (Å²) in [6.45, 7) is 0.